The number of hydrogen-bond donors (Lipinski definition) is 3. The van der Waals surface area contributed by atoms with Crippen LogP contribution in [0.25, 0.3) is 0 Å². The Bertz CT molecular complexity index is 1960. The first-order valence-corrected chi connectivity index (χ1v) is 46.0. The Hall–Kier alpha value is -1.94. The fourth-order valence-corrected chi connectivity index (χ4v) is 14.5. The van der Waals surface area contributed by atoms with Gasteiger partial charge >= 0.3 is 39.5 Å². The van der Waals surface area contributed by atoms with Crippen molar-refractivity contribution in [3.8, 4) is 0 Å². The zero-order chi connectivity index (χ0) is 74.9. The van der Waals surface area contributed by atoms with E-state index in [-0.39, 0.29) is 25.7 Å². The maximum atomic E-state index is 13.1. The third kappa shape index (κ3) is 76.3. The molecule has 0 saturated heterocycles. The van der Waals surface area contributed by atoms with E-state index >= 15 is 0 Å². The molecule has 0 rings (SSSR count). The van der Waals surface area contributed by atoms with Crippen LogP contribution in [0.2, 0.25) is 0 Å². The van der Waals surface area contributed by atoms with Crippen LogP contribution in [-0.2, 0) is 65.4 Å². The van der Waals surface area contributed by atoms with Crippen molar-refractivity contribution < 1.29 is 80.2 Å². The van der Waals surface area contributed by atoms with Crippen molar-refractivity contribution >= 4 is 39.5 Å². The second-order valence-electron chi connectivity index (χ2n) is 30.8. The van der Waals surface area contributed by atoms with E-state index in [4.69, 9.17) is 37.0 Å². The third-order valence-electron chi connectivity index (χ3n) is 19.5. The highest BCUT2D eigenvalue weighted by molar-refractivity contribution is 7.47. The SMILES string of the molecule is CCCCCCCCCCCCCCCCCCC(=O)OC[C@H](COP(=O)(O)OC[C@@H](O)COP(=O)(O)OC[C@@H](COC(=O)CCCCCCCCCCCCC)OC(=O)CCCCCCCCCCCCCC(C)C)OC(=O)CCCCCCCCCCCCCCCCCCCCC(C)C. The Kier molecular flexibility index (Phi) is 73.1. The molecule has 0 bridgehead atoms. The van der Waals surface area contributed by atoms with E-state index in [2.05, 4.69) is 41.5 Å². The molecule has 0 aliphatic carbocycles. The van der Waals surface area contributed by atoms with Crippen molar-refractivity contribution in [2.24, 2.45) is 11.8 Å². The molecule has 0 saturated carbocycles. The molecule has 3 N–H and O–H groups in total. The van der Waals surface area contributed by atoms with Crippen LogP contribution in [0.1, 0.15) is 440 Å². The number of aliphatic hydroxyl groups is 1. The number of esters is 4. The Labute approximate surface area is 626 Å². The monoisotopic (exact) mass is 1490 g/mol. The molecule has 0 aliphatic heterocycles. The van der Waals surface area contributed by atoms with Crippen molar-refractivity contribution in [2.75, 3.05) is 39.6 Å². The largest absolute Gasteiger partial charge is 0.472 e. The fraction of sp³-hybridized carbons (Fsp3) is 0.952. The molecule has 0 amide bonds. The molecular weight excluding hydrogens is 1330 g/mol. The van der Waals surface area contributed by atoms with Crippen molar-refractivity contribution in [1.82, 2.24) is 0 Å². The second kappa shape index (κ2) is 74.5. The standard InChI is InChI=1S/C83H162O17P2/c1-7-9-11-13-15-17-19-20-21-27-30-36-42-48-54-60-66-81(86)94-72-79(99-82(87)67-61-55-49-43-37-31-28-25-23-22-24-26-29-34-39-45-51-57-63-75(3)4)74-98-102(91,92)96-70-77(84)69-95-101(89,90)97-73-78(71-93-80(85)65-59-53-47-41-33-18-16-14-12-10-8-2)100-83(88)68-62-56-50-44-38-32-35-40-46-52-58-64-76(5)6/h75-79,84H,7-74H2,1-6H3,(H,89,90)(H,91,92)/t77-,78+,79+/m0/s1. The van der Waals surface area contributed by atoms with Crippen molar-refractivity contribution in [3.05, 3.63) is 0 Å². The molecule has 0 aromatic carbocycles. The summed E-state index contributed by atoms with van der Waals surface area (Å²) in [5.74, 6) is -0.519. The van der Waals surface area contributed by atoms with E-state index < -0.39 is 97.5 Å². The summed E-state index contributed by atoms with van der Waals surface area (Å²) < 4.78 is 68.8. The lowest BCUT2D eigenvalue weighted by Crippen LogP contribution is -2.30. The average molecular weight is 1490 g/mol. The zero-order valence-corrected chi connectivity index (χ0v) is 68.7. The molecule has 0 aliphatic rings. The Morgan fingerprint density at radius 1 is 0.265 bits per heavy atom. The number of carbonyl (C=O) groups excluding carboxylic acids is 4. The molecule has 102 heavy (non-hydrogen) atoms. The summed E-state index contributed by atoms with van der Waals surface area (Å²) in [6, 6.07) is 0. The van der Waals surface area contributed by atoms with Gasteiger partial charge in [-0.05, 0) is 37.5 Å². The van der Waals surface area contributed by atoms with Gasteiger partial charge in [-0.15, -0.1) is 0 Å². The summed E-state index contributed by atoms with van der Waals surface area (Å²) in [6.45, 7) is 9.69. The summed E-state index contributed by atoms with van der Waals surface area (Å²) >= 11 is 0. The summed E-state index contributed by atoms with van der Waals surface area (Å²) in [5, 5.41) is 10.7. The van der Waals surface area contributed by atoms with Crippen LogP contribution in [0.4, 0.5) is 0 Å². The van der Waals surface area contributed by atoms with Crippen LogP contribution in [0.5, 0.6) is 0 Å². The highest BCUT2D eigenvalue weighted by Crippen LogP contribution is 2.45. The first-order chi connectivity index (χ1) is 49.4. The number of aliphatic hydroxyl groups excluding tert-OH is 1. The Morgan fingerprint density at radius 2 is 0.451 bits per heavy atom. The third-order valence-corrected chi connectivity index (χ3v) is 21.4. The van der Waals surface area contributed by atoms with Gasteiger partial charge in [0.1, 0.15) is 19.3 Å². The number of hydrogen-bond acceptors (Lipinski definition) is 15. The molecule has 606 valence electrons. The van der Waals surface area contributed by atoms with Gasteiger partial charge in [0.25, 0.3) is 0 Å². The molecule has 0 fully saturated rings. The lowest BCUT2D eigenvalue weighted by atomic mass is 10.0. The van der Waals surface area contributed by atoms with Crippen LogP contribution in [0, 0.1) is 11.8 Å². The predicted octanol–water partition coefficient (Wildman–Crippen LogP) is 25.1. The molecule has 17 nitrogen and oxygen atoms in total. The minimum absolute atomic E-state index is 0.107. The number of phosphoric ester groups is 2. The molecule has 0 aromatic heterocycles. The normalized spacial score (nSPS) is 13.9. The van der Waals surface area contributed by atoms with E-state index in [0.29, 0.717) is 25.7 Å². The molecule has 0 radical (unpaired) electrons. The molecule has 0 spiro atoms. The quantitative estimate of drug-likeness (QED) is 0.0222. The number of carbonyl (C=O) groups is 4. The van der Waals surface area contributed by atoms with E-state index in [1.165, 1.54) is 257 Å². The van der Waals surface area contributed by atoms with Gasteiger partial charge in [-0.2, -0.15) is 0 Å². The number of ether oxygens (including phenoxy) is 4. The van der Waals surface area contributed by atoms with Gasteiger partial charge in [-0.25, -0.2) is 9.13 Å². The van der Waals surface area contributed by atoms with Gasteiger partial charge in [0.05, 0.1) is 26.4 Å². The minimum Gasteiger partial charge on any atom is -0.462 e. The van der Waals surface area contributed by atoms with E-state index in [1.54, 1.807) is 0 Å². The number of rotatable bonds is 82. The van der Waals surface area contributed by atoms with Crippen molar-refractivity contribution in [1.29, 1.82) is 0 Å². The van der Waals surface area contributed by atoms with E-state index in [9.17, 15) is 43.2 Å². The highest BCUT2D eigenvalue weighted by Gasteiger charge is 2.30. The molecule has 19 heteroatoms. The molecule has 0 aromatic rings. The van der Waals surface area contributed by atoms with Crippen LogP contribution in [0.15, 0.2) is 0 Å². The van der Waals surface area contributed by atoms with Crippen molar-refractivity contribution in [3.63, 3.8) is 0 Å². The zero-order valence-electron chi connectivity index (χ0n) is 66.9. The van der Waals surface area contributed by atoms with Gasteiger partial charge < -0.3 is 33.8 Å². The maximum Gasteiger partial charge on any atom is 0.472 e. The topological polar surface area (TPSA) is 237 Å². The van der Waals surface area contributed by atoms with E-state index in [0.717, 1.165) is 102 Å². The lowest BCUT2D eigenvalue weighted by molar-refractivity contribution is -0.161. The van der Waals surface area contributed by atoms with Gasteiger partial charge in [0.15, 0.2) is 12.2 Å². The Balaban J connectivity index is 5.23. The fourth-order valence-electron chi connectivity index (χ4n) is 12.9. The first kappa shape index (κ1) is 100. The number of phosphoric acid groups is 2. The lowest BCUT2D eigenvalue weighted by Gasteiger charge is -2.21. The first-order valence-electron chi connectivity index (χ1n) is 43.0. The van der Waals surface area contributed by atoms with Crippen LogP contribution in [-0.4, -0.2) is 96.7 Å². The summed E-state index contributed by atoms with van der Waals surface area (Å²) in [4.78, 5) is 73.1. The van der Waals surface area contributed by atoms with Gasteiger partial charge in [0.2, 0.25) is 0 Å². The molecular formula is C83H162O17P2. The summed E-state index contributed by atoms with van der Waals surface area (Å²) in [6.07, 6.45) is 65.2. The Morgan fingerprint density at radius 3 is 0.667 bits per heavy atom. The van der Waals surface area contributed by atoms with Crippen molar-refractivity contribution in [2.45, 2.75) is 458 Å². The predicted molar refractivity (Wildman–Crippen MR) is 418 cm³/mol. The van der Waals surface area contributed by atoms with Gasteiger partial charge in [-0.1, -0.05) is 388 Å². The highest BCUT2D eigenvalue weighted by atomic mass is 31.2. The molecule has 0 heterocycles. The number of unbranched alkanes of at least 4 members (excludes halogenated alkanes) is 52. The minimum atomic E-state index is -4.96. The van der Waals surface area contributed by atoms with Crippen LogP contribution >= 0.6 is 15.6 Å². The average Bonchev–Trinajstić information content (AvgIpc) is 0.924. The smallest absolute Gasteiger partial charge is 0.462 e. The van der Waals surface area contributed by atoms with Gasteiger partial charge in [-0.3, -0.25) is 37.3 Å². The maximum absolute atomic E-state index is 13.1. The molecule has 5 atom stereocenters. The van der Waals surface area contributed by atoms with E-state index in [1.807, 2.05) is 0 Å². The summed E-state index contributed by atoms with van der Waals surface area (Å²) in [5.41, 5.74) is 0. The molecule has 2 unspecified atom stereocenters. The van der Waals surface area contributed by atoms with Crippen LogP contribution in [0.3, 0.4) is 0 Å². The summed E-state index contributed by atoms with van der Waals surface area (Å²) in [7, 11) is -9.92. The van der Waals surface area contributed by atoms with Crippen LogP contribution < -0.4 is 0 Å². The van der Waals surface area contributed by atoms with Gasteiger partial charge in [0, 0.05) is 25.7 Å². The second-order valence-corrected chi connectivity index (χ2v) is 33.7.